The second-order valence-electron chi connectivity index (χ2n) is 7.43. The summed E-state index contributed by atoms with van der Waals surface area (Å²) in [5, 5.41) is 13.1. The highest BCUT2D eigenvalue weighted by Gasteiger charge is 2.41. The van der Waals surface area contributed by atoms with Crippen molar-refractivity contribution in [3.05, 3.63) is 50.8 Å². The molecule has 0 radical (unpaired) electrons. The lowest BCUT2D eigenvalue weighted by Crippen LogP contribution is -2.37. The highest BCUT2D eigenvalue weighted by Crippen LogP contribution is 2.48. The SMILES string of the molecule is COc1ccc(Br)cc1[C@@H]1C(C#N)=C(C)NC2=C1C(=O)CC(C)(C)C2. The van der Waals surface area contributed by atoms with Crippen LogP contribution in [0.1, 0.15) is 45.1 Å². The summed E-state index contributed by atoms with van der Waals surface area (Å²) in [6.07, 6.45) is 1.27. The number of ketones is 1. The van der Waals surface area contributed by atoms with Crippen LogP contribution in [-0.2, 0) is 4.79 Å². The molecule has 3 rings (SSSR count). The summed E-state index contributed by atoms with van der Waals surface area (Å²) in [6, 6.07) is 8.01. The Morgan fingerprint density at radius 2 is 2.08 bits per heavy atom. The number of carbonyl (C=O) groups is 1. The lowest BCUT2D eigenvalue weighted by atomic mass is 9.68. The number of rotatable bonds is 2. The van der Waals surface area contributed by atoms with Gasteiger partial charge in [0, 0.05) is 33.4 Å². The molecule has 1 atom stereocenters. The van der Waals surface area contributed by atoms with Gasteiger partial charge in [0.2, 0.25) is 0 Å². The maximum atomic E-state index is 13.0. The molecule has 0 fully saturated rings. The maximum absolute atomic E-state index is 13.0. The van der Waals surface area contributed by atoms with Crippen LogP contribution < -0.4 is 10.1 Å². The predicted molar refractivity (Wildman–Crippen MR) is 99.9 cm³/mol. The molecule has 1 aromatic carbocycles. The normalized spacial score (nSPS) is 22.2. The Labute approximate surface area is 156 Å². The summed E-state index contributed by atoms with van der Waals surface area (Å²) in [5.41, 5.74) is 3.78. The Bertz CT molecular complexity index is 859. The van der Waals surface area contributed by atoms with E-state index in [1.807, 2.05) is 25.1 Å². The quantitative estimate of drug-likeness (QED) is 0.788. The van der Waals surface area contributed by atoms with E-state index in [-0.39, 0.29) is 11.2 Å². The van der Waals surface area contributed by atoms with Crippen molar-refractivity contribution in [2.75, 3.05) is 7.11 Å². The van der Waals surface area contributed by atoms with Crippen molar-refractivity contribution in [3.63, 3.8) is 0 Å². The van der Waals surface area contributed by atoms with Crippen molar-refractivity contribution in [1.82, 2.24) is 5.32 Å². The fraction of sp³-hybridized carbons (Fsp3) is 0.400. The molecule has 4 nitrogen and oxygen atoms in total. The fourth-order valence-electron chi connectivity index (χ4n) is 3.83. The summed E-state index contributed by atoms with van der Waals surface area (Å²) in [6.45, 7) is 6.10. The van der Waals surface area contributed by atoms with Crippen LogP contribution in [0, 0.1) is 16.7 Å². The first-order chi connectivity index (χ1) is 11.8. The molecule has 0 saturated heterocycles. The third-order valence-corrected chi connectivity index (χ3v) is 5.36. The number of nitriles is 1. The van der Waals surface area contributed by atoms with Crippen LogP contribution in [0.2, 0.25) is 0 Å². The Kier molecular flexibility index (Phi) is 4.51. The molecule has 0 amide bonds. The molecular formula is C20H21BrN2O2. The van der Waals surface area contributed by atoms with Crippen LogP contribution in [-0.4, -0.2) is 12.9 Å². The van der Waals surface area contributed by atoms with Gasteiger partial charge in [-0.15, -0.1) is 0 Å². The van der Waals surface area contributed by atoms with Crippen molar-refractivity contribution in [2.24, 2.45) is 5.41 Å². The van der Waals surface area contributed by atoms with Gasteiger partial charge in [0.05, 0.1) is 24.7 Å². The standard InChI is InChI=1S/C20H21BrN2O2/c1-11-14(10-22)18(13-7-12(21)5-6-17(13)25-4)19-15(23-11)8-20(2,3)9-16(19)24/h5-7,18,23H,8-9H2,1-4H3/t18-/m1/s1. The van der Waals surface area contributed by atoms with Crippen molar-refractivity contribution in [3.8, 4) is 11.8 Å². The number of nitrogens with one attached hydrogen (secondary N) is 1. The largest absolute Gasteiger partial charge is 0.496 e. The highest BCUT2D eigenvalue weighted by atomic mass is 79.9. The van der Waals surface area contributed by atoms with Crippen molar-refractivity contribution in [2.45, 2.75) is 39.5 Å². The van der Waals surface area contributed by atoms with Gasteiger partial charge in [0.25, 0.3) is 0 Å². The third-order valence-electron chi connectivity index (χ3n) is 4.86. The van der Waals surface area contributed by atoms with Crippen LogP contribution in [0.3, 0.4) is 0 Å². The predicted octanol–water partition coefficient (Wildman–Crippen LogP) is 4.59. The number of halogens is 1. The summed E-state index contributed by atoms with van der Waals surface area (Å²) in [5.74, 6) is 0.392. The van der Waals surface area contributed by atoms with Gasteiger partial charge in [0.1, 0.15) is 5.75 Å². The molecule has 130 valence electrons. The van der Waals surface area contributed by atoms with Gasteiger partial charge in [-0.1, -0.05) is 29.8 Å². The van der Waals surface area contributed by atoms with Gasteiger partial charge < -0.3 is 10.1 Å². The van der Waals surface area contributed by atoms with E-state index in [2.05, 4.69) is 41.2 Å². The van der Waals surface area contributed by atoms with Gasteiger partial charge in [-0.2, -0.15) is 5.26 Å². The van der Waals surface area contributed by atoms with E-state index in [0.29, 0.717) is 23.3 Å². The Hall–Kier alpha value is -2.06. The number of methoxy groups -OCH3 is 1. The number of dihydropyridines is 1. The van der Waals surface area contributed by atoms with Crippen LogP contribution in [0.25, 0.3) is 0 Å². The molecule has 25 heavy (non-hydrogen) atoms. The molecule has 0 saturated carbocycles. The molecule has 1 aromatic rings. The number of benzene rings is 1. The number of allylic oxidation sites excluding steroid dienone is 4. The van der Waals surface area contributed by atoms with Gasteiger partial charge in [-0.25, -0.2) is 0 Å². The van der Waals surface area contributed by atoms with Gasteiger partial charge >= 0.3 is 0 Å². The van der Waals surface area contributed by atoms with Crippen LogP contribution >= 0.6 is 15.9 Å². The summed E-state index contributed by atoms with van der Waals surface area (Å²) in [7, 11) is 1.61. The van der Waals surface area contributed by atoms with Gasteiger partial charge in [-0.3, -0.25) is 4.79 Å². The smallest absolute Gasteiger partial charge is 0.162 e. The molecule has 0 bridgehead atoms. The Morgan fingerprint density at radius 3 is 2.72 bits per heavy atom. The van der Waals surface area contributed by atoms with Gasteiger partial charge in [0.15, 0.2) is 5.78 Å². The van der Waals surface area contributed by atoms with E-state index in [1.54, 1.807) is 7.11 Å². The first kappa shape index (κ1) is 17.8. The number of hydrogen-bond acceptors (Lipinski definition) is 4. The molecule has 0 unspecified atom stereocenters. The summed E-state index contributed by atoms with van der Waals surface area (Å²) < 4.78 is 6.42. The molecule has 2 aliphatic rings. The highest BCUT2D eigenvalue weighted by molar-refractivity contribution is 9.10. The fourth-order valence-corrected chi connectivity index (χ4v) is 4.20. The number of ether oxygens (including phenoxy) is 1. The molecule has 1 heterocycles. The molecule has 1 N–H and O–H groups in total. The second-order valence-corrected chi connectivity index (χ2v) is 8.34. The zero-order chi connectivity index (χ0) is 18.4. The Balaban J connectivity index is 2.25. The monoisotopic (exact) mass is 400 g/mol. The van der Waals surface area contributed by atoms with E-state index < -0.39 is 5.92 Å². The van der Waals surface area contributed by atoms with E-state index in [0.717, 1.165) is 27.9 Å². The molecule has 5 heteroatoms. The zero-order valence-corrected chi connectivity index (χ0v) is 16.5. The second kappa shape index (κ2) is 6.34. The lowest BCUT2D eigenvalue weighted by molar-refractivity contribution is -0.118. The van der Waals surface area contributed by atoms with E-state index in [4.69, 9.17) is 4.74 Å². The van der Waals surface area contributed by atoms with Gasteiger partial charge in [-0.05, 0) is 37.0 Å². The zero-order valence-electron chi connectivity index (χ0n) is 14.9. The Morgan fingerprint density at radius 1 is 1.36 bits per heavy atom. The first-order valence-corrected chi connectivity index (χ1v) is 9.04. The van der Waals surface area contributed by atoms with E-state index in [9.17, 15) is 10.1 Å². The number of nitrogens with zero attached hydrogens (tertiary/aromatic N) is 1. The summed E-state index contributed by atoms with van der Waals surface area (Å²) >= 11 is 3.50. The number of hydrogen-bond donors (Lipinski definition) is 1. The molecule has 0 aromatic heterocycles. The first-order valence-electron chi connectivity index (χ1n) is 8.25. The lowest BCUT2D eigenvalue weighted by Gasteiger charge is -2.39. The van der Waals surface area contributed by atoms with Crippen LogP contribution in [0.4, 0.5) is 0 Å². The molecule has 0 spiro atoms. The van der Waals surface area contributed by atoms with Crippen molar-refractivity contribution in [1.29, 1.82) is 5.26 Å². The number of carbonyl (C=O) groups excluding carboxylic acids is 1. The average molecular weight is 401 g/mol. The third kappa shape index (κ3) is 3.11. The average Bonchev–Trinajstić information content (AvgIpc) is 2.52. The summed E-state index contributed by atoms with van der Waals surface area (Å²) in [4.78, 5) is 13.0. The molecular weight excluding hydrogens is 380 g/mol. The topological polar surface area (TPSA) is 62.1 Å². The van der Waals surface area contributed by atoms with E-state index in [1.165, 1.54) is 0 Å². The minimum absolute atomic E-state index is 0.0841. The minimum atomic E-state index is -0.391. The van der Waals surface area contributed by atoms with Crippen LogP contribution in [0.5, 0.6) is 5.75 Å². The van der Waals surface area contributed by atoms with E-state index >= 15 is 0 Å². The van der Waals surface area contributed by atoms with Crippen LogP contribution in [0.15, 0.2) is 45.2 Å². The molecule has 1 aliphatic carbocycles. The van der Waals surface area contributed by atoms with Crippen molar-refractivity contribution < 1.29 is 9.53 Å². The maximum Gasteiger partial charge on any atom is 0.162 e. The minimum Gasteiger partial charge on any atom is -0.496 e. The molecule has 1 aliphatic heterocycles. The number of Topliss-reactive ketones (excluding diaryl/α,β-unsaturated/α-hetero) is 1. The van der Waals surface area contributed by atoms with Crippen molar-refractivity contribution >= 4 is 21.7 Å².